The van der Waals surface area contributed by atoms with Crippen molar-refractivity contribution in [3.05, 3.63) is 65.1 Å². The van der Waals surface area contributed by atoms with Gasteiger partial charge in [-0.3, -0.25) is 4.79 Å². The van der Waals surface area contributed by atoms with Crippen LogP contribution in [-0.2, 0) is 6.18 Å². The Morgan fingerprint density at radius 3 is 2.39 bits per heavy atom. The number of carbonyl (C=O) groups is 1. The summed E-state index contributed by atoms with van der Waals surface area (Å²) in [6, 6.07) is 11.7. The van der Waals surface area contributed by atoms with Crippen molar-refractivity contribution in [3.8, 4) is 22.8 Å². The maximum Gasteiger partial charge on any atom is 0.433 e. The quantitative estimate of drug-likeness (QED) is 0.447. The van der Waals surface area contributed by atoms with Crippen LogP contribution < -0.4 is 14.8 Å². The molecule has 2 aromatic carbocycles. The Bertz CT molecular complexity index is 1340. The molecule has 0 saturated heterocycles. The lowest BCUT2D eigenvalue weighted by atomic mass is 10.1. The molecule has 1 amide bonds. The van der Waals surface area contributed by atoms with Crippen LogP contribution >= 0.6 is 11.6 Å². The monoisotopic (exact) mass is 477 g/mol. The van der Waals surface area contributed by atoms with E-state index < -0.39 is 23.6 Å². The van der Waals surface area contributed by atoms with Gasteiger partial charge in [-0.15, -0.1) is 5.10 Å². The zero-order valence-electron chi connectivity index (χ0n) is 17.1. The number of alkyl halides is 3. The fourth-order valence-electron chi connectivity index (χ4n) is 3.03. The summed E-state index contributed by atoms with van der Waals surface area (Å²) < 4.78 is 52.0. The standard InChI is InChI=1S/C21H15ClF3N5O3/c1-32-13-6-3-11(4-7-13)14-10-17(21(23,24)25)30-20(27-14)28-18(29-30)19(31)26-15-9-12(22)5-8-16(15)33-2/h3-10H,1-2H3,(H,26,31). The van der Waals surface area contributed by atoms with E-state index in [1.54, 1.807) is 30.3 Å². The van der Waals surface area contributed by atoms with Crippen LogP contribution in [0.3, 0.4) is 0 Å². The molecule has 170 valence electrons. The third kappa shape index (κ3) is 4.53. The number of nitrogens with one attached hydrogen (secondary N) is 1. The molecule has 8 nitrogen and oxygen atoms in total. The summed E-state index contributed by atoms with van der Waals surface area (Å²) in [4.78, 5) is 20.7. The normalized spacial score (nSPS) is 11.5. The number of ether oxygens (including phenoxy) is 2. The van der Waals surface area contributed by atoms with Gasteiger partial charge in [-0.2, -0.15) is 22.7 Å². The Hall–Kier alpha value is -3.86. The van der Waals surface area contributed by atoms with Crippen molar-refractivity contribution in [1.29, 1.82) is 0 Å². The van der Waals surface area contributed by atoms with Crippen molar-refractivity contribution >= 4 is 29.0 Å². The van der Waals surface area contributed by atoms with Gasteiger partial charge in [0.25, 0.3) is 11.7 Å². The summed E-state index contributed by atoms with van der Waals surface area (Å²) in [7, 11) is 2.87. The average molecular weight is 478 g/mol. The second kappa shape index (κ2) is 8.58. The lowest BCUT2D eigenvalue weighted by Crippen LogP contribution is -2.16. The van der Waals surface area contributed by atoms with Crippen LogP contribution in [0.2, 0.25) is 5.02 Å². The van der Waals surface area contributed by atoms with Crippen LogP contribution in [0.5, 0.6) is 11.5 Å². The Labute approximate surface area is 189 Å². The largest absolute Gasteiger partial charge is 0.497 e. The summed E-state index contributed by atoms with van der Waals surface area (Å²) >= 11 is 5.95. The highest BCUT2D eigenvalue weighted by Gasteiger charge is 2.36. The summed E-state index contributed by atoms with van der Waals surface area (Å²) in [5.74, 6) is -0.929. The van der Waals surface area contributed by atoms with E-state index in [1.807, 2.05) is 0 Å². The zero-order valence-corrected chi connectivity index (χ0v) is 17.9. The van der Waals surface area contributed by atoms with Crippen molar-refractivity contribution in [3.63, 3.8) is 0 Å². The van der Waals surface area contributed by atoms with Crippen LogP contribution in [0.4, 0.5) is 18.9 Å². The third-order valence-corrected chi connectivity index (χ3v) is 4.84. The number of methoxy groups -OCH3 is 2. The summed E-state index contributed by atoms with van der Waals surface area (Å²) in [6.07, 6.45) is -4.78. The van der Waals surface area contributed by atoms with Crippen molar-refractivity contribution in [2.24, 2.45) is 0 Å². The fourth-order valence-corrected chi connectivity index (χ4v) is 3.20. The molecule has 0 bridgehead atoms. The van der Waals surface area contributed by atoms with Crippen LogP contribution in [0.1, 0.15) is 16.3 Å². The third-order valence-electron chi connectivity index (χ3n) is 4.60. The maximum atomic E-state index is 13.8. The number of hydrogen-bond acceptors (Lipinski definition) is 6. The van der Waals surface area contributed by atoms with Crippen LogP contribution in [-0.4, -0.2) is 39.7 Å². The van der Waals surface area contributed by atoms with Gasteiger partial charge in [0.05, 0.1) is 25.6 Å². The molecule has 0 aliphatic carbocycles. The van der Waals surface area contributed by atoms with Gasteiger partial charge < -0.3 is 14.8 Å². The van der Waals surface area contributed by atoms with E-state index in [0.717, 1.165) is 6.07 Å². The lowest BCUT2D eigenvalue weighted by molar-refractivity contribution is -0.142. The molecule has 4 aromatic rings. The predicted octanol–water partition coefficient (Wildman–Crippen LogP) is 4.73. The number of fused-ring (bicyclic) bond motifs is 1. The number of rotatable bonds is 5. The first-order chi connectivity index (χ1) is 15.7. The van der Waals surface area contributed by atoms with Gasteiger partial charge in [-0.05, 0) is 48.5 Å². The van der Waals surface area contributed by atoms with Crippen molar-refractivity contribution < 1.29 is 27.4 Å². The van der Waals surface area contributed by atoms with Crippen LogP contribution in [0.15, 0.2) is 48.5 Å². The van der Waals surface area contributed by atoms with Crippen molar-refractivity contribution in [2.45, 2.75) is 6.18 Å². The molecule has 0 atom stereocenters. The Balaban J connectivity index is 1.77. The highest BCUT2D eigenvalue weighted by molar-refractivity contribution is 6.31. The van der Waals surface area contributed by atoms with Crippen molar-refractivity contribution in [1.82, 2.24) is 19.6 Å². The van der Waals surface area contributed by atoms with Gasteiger partial charge in [0.2, 0.25) is 5.82 Å². The zero-order chi connectivity index (χ0) is 23.8. The number of amides is 1. The molecular weight excluding hydrogens is 463 g/mol. The first kappa shape index (κ1) is 22.3. The highest BCUT2D eigenvalue weighted by atomic mass is 35.5. The van der Waals surface area contributed by atoms with E-state index in [0.29, 0.717) is 26.6 Å². The molecule has 0 radical (unpaired) electrons. The number of benzene rings is 2. The van der Waals surface area contributed by atoms with E-state index in [1.165, 1.54) is 26.4 Å². The summed E-state index contributed by atoms with van der Waals surface area (Å²) in [6.45, 7) is 0. The smallest absolute Gasteiger partial charge is 0.433 e. The number of nitrogens with zero attached hydrogens (tertiary/aromatic N) is 4. The number of carbonyl (C=O) groups excluding carboxylic acids is 1. The Morgan fingerprint density at radius 1 is 1.03 bits per heavy atom. The average Bonchev–Trinajstić information content (AvgIpc) is 3.22. The van der Waals surface area contributed by atoms with E-state index in [9.17, 15) is 18.0 Å². The molecule has 2 heterocycles. The minimum Gasteiger partial charge on any atom is -0.497 e. The second-order valence-electron chi connectivity index (χ2n) is 6.70. The SMILES string of the molecule is COc1ccc(-c2cc(C(F)(F)F)n3nc(C(=O)Nc4cc(Cl)ccc4OC)nc3n2)cc1. The number of halogens is 4. The fraction of sp³-hybridized carbons (Fsp3) is 0.143. The lowest BCUT2D eigenvalue weighted by Gasteiger charge is -2.10. The van der Waals surface area contributed by atoms with E-state index in [-0.39, 0.29) is 17.2 Å². The topological polar surface area (TPSA) is 90.6 Å². The molecule has 2 aromatic heterocycles. The van der Waals surface area contributed by atoms with Gasteiger partial charge in [-0.1, -0.05) is 11.6 Å². The highest BCUT2D eigenvalue weighted by Crippen LogP contribution is 2.32. The molecule has 33 heavy (non-hydrogen) atoms. The minimum atomic E-state index is -4.78. The molecule has 0 unspecified atom stereocenters. The minimum absolute atomic E-state index is 0.00773. The van der Waals surface area contributed by atoms with Crippen LogP contribution in [0, 0.1) is 0 Å². The molecule has 12 heteroatoms. The number of anilines is 1. The molecule has 0 aliphatic rings. The Kier molecular flexibility index (Phi) is 5.81. The molecule has 4 rings (SSSR count). The molecule has 0 saturated carbocycles. The van der Waals surface area contributed by atoms with Crippen LogP contribution in [0.25, 0.3) is 17.0 Å². The molecular formula is C21H15ClF3N5O3. The number of hydrogen-bond donors (Lipinski definition) is 1. The van der Waals surface area contributed by atoms with Crippen molar-refractivity contribution in [2.75, 3.05) is 19.5 Å². The maximum absolute atomic E-state index is 13.8. The van der Waals surface area contributed by atoms with Gasteiger partial charge >= 0.3 is 6.18 Å². The van der Waals surface area contributed by atoms with Gasteiger partial charge in [0.15, 0.2) is 5.69 Å². The van der Waals surface area contributed by atoms with E-state index in [4.69, 9.17) is 21.1 Å². The van der Waals surface area contributed by atoms with E-state index >= 15 is 0 Å². The second-order valence-corrected chi connectivity index (χ2v) is 7.14. The van der Waals surface area contributed by atoms with Gasteiger partial charge in [0.1, 0.15) is 11.5 Å². The first-order valence-electron chi connectivity index (χ1n) is 9.34. The molecule has 0 fully saturated rings. The molecule has 0 spiro atoms. The molecule has 1 N–H and O–H groups in total. The predicted molar refractivity (Wildman–Crippen MR) is 114 cm³/mol. The Morgan fingerprint density at radius 2 is 1.76 bits per heavy atom. The summed E-state index contributed by atoms with van der Waals surface area (Å²) in [5.41, 5.74) is -0.517. The molecule has 0 aliphatic heterocycles. The number of aromatic nitrogens is 4. The first-order valence-corrected chi connectivity index (χ1v) is 9.71. The van der Waals surface area contributed by atoms with Gasteiger partial charge in [0, 0.05) is 10.6 Å². The van der Waals surface area contributed by atoms with Gasteiger partial charge in [-0.25, -0.2) is 4.98 Å². The van der Waals surface area contributed by atoms with E-state index in [2.05, 4.69) is 20.4 Å². The summed E-state index contributed by atoms with van der Waals surface area (Å²) in [5, 5.41) is 6.54.